The molecule has 2 bridgehead atoms. The van der Waals surface area contributed by atoms with E-state index in [0.29, 0.717) is 11.8 Å². The van der Waals surface area contributed by atoms with Crippen LogP contribution in [0.2, 0.25) is 0 Å². The number of halogens is 4. The first-order valence-electron chi connectivity index (χ1n) is 6.27. The molecule has 0 aromatic carbocycles. The number of rotatable bonds is 5. The van der Waals surface area contributed by atoms with Gasteiger partial charge in [0.25, 0.3) is 0 Å². The Bertz CT molecular complexity index is 280. The second-order valence-electron chi connectivity index (χ2n) is 5.37. The summed E-state index contributed by atoms with van der Waals surface area (Å²) in [6.07, 6.45) is -4.88. The quantitative estimate of drug-likeness (QED) is 0.660. The van der Waals surface area contributed by atoms with Gasteiger partial charge in [0, 0.05) is 12.8 Å². The van der Waals surface area contributed by atoms with Crippen LogP contribution in [0.5, 0.6) is 0 Å². The molecule has 0 aromatic rings. The Morgan fingerprint density at radius 2 is 1.76 bits per heavy atom. The lowest BCUT2D eigenvalue weighted by Gasteiger charge is -2.28. The molecule has 5 heteroatoms. The molecule has 2 aliphatic rings. The highest BCUT2D eigenvalue weighted by Crippen LogP contribution is 2.52. The summed E-state index contributed by atoms with van der Waals surface area (Å²) < 4.78 is 56.1. The van der Waals surface area contributed by atoms with Crippen molar-refractivity contribution in [2.75, 3.05) is 0 Å². The van der Waals surface area contributed by atoms with Crippen molar-refractivity contribution >= 4 is 0 Å². The zero-order chi connectivity index (χ0) is 12.7. The average molecular weight is 254 g/mol. The molecule has 0 amide bonds. The first-order valence-corrected chi connectivity index (χ1v) is 6.27. The Morgan fingerprint density at radius 1 is 1.06 bits per heavy atom. The number of hydrogen-bond acceptors (Lipinski definition) is 1. The molecule has 1 nitrogen and oxygen atoms in total. The van der Waals surface area contributed by atoms with Gasteiger partial charge in [-0.25, -0.2) is 0 Å². The molecule has 2 saturated carbocycles. The van der Waals surface area contributed by atoms with E-state index in [1.165, 1.54) is 0 Å². The normalized spacial score (nSPS) is 33.4. The minimum atomic E-state index is -3.72. The van der Waals surface area contributed by atoms with Crippen LogP contribution in [0.25, 0.3) is 0 Å². The standard InChI is InChI=1S/C12H18F4O/c1-2-11(13,14)17-12(15,16)7-10-6-8-3-4-9(10)5-8/h8-10H,2-7H2,1H3. The topological polar surface area (TPSA) is 9.23 Å². The molecule has 0 N–H and O–H groups in total. The highest BCUT2D eigenvalue weighted by molar-refractivity contribution is 4.91. The molecular weight excluding hydrogens is 236 g/mol. The van der Waals surface area contributed by atoms with E-state index < -0.39 is 25.1 Å². The van der Waals surface area contributed by atoms with Crippen LogP contribution in [-0.2, 0) is 4.74 Å². The van der Waals surface area contributed by atoms with Crippen molar-refractivity contribution in [3.05, 3.63) is 0 Å². The minimum absolute atomic E-state index is 0.142. The largest absolute Gasteiger partial charge is 0.360 e. The third-order valence-electron chi connectivity index (χ3n) is 4.09. The predicted octanol–water partition coefficient (Wildman–Crippen LogP) is 4.42. The molecule has 0 heterocycles. The van der Waals surface area contributed by atoms with E-state index in [0.717, 1.165) is 32.6 Å². The van der Waals surface area contributed by atoms with Crippen molar-refractivity contribution in [1.29, 1.82) is 0 Å². The SMILES string of the molecule is CCC(F)(F)OC(F)(F)CC1CC2CCC1C2. The maximum atomic E-state index is 13.4. The number of hydrogen-bond donors (Lipinski definition) is 0. The van der Waals surface area contributed by atoms with Crippen molar-refractivity contribution in [3.63, 3.8) is 0 Å². The monoisotopic (exact) mass is 254 g/mol. The van der Waals surface area contributed by atoms with Gasteiger partial charge in [-0.05, 0) is 37.0 Å². The molecule has 100 valence electrons. The summed E-state index contributed by atoms with van der Waals surface area (Å²) in [4.78, 5) is 0. The molecule has 0 radical (unpaired) electrons. The summed E-state index contributed by atoms with van der Waals surface area (Å²) in [5.41, 5.74) is 0. The van der Waals surface area contributed by atoms with E-state index >= 15 is 0 Å². The summed E-state index contributed by atoms with van der Waals surface area (Å²) in [6.45, 7) is 1.13. The molecule has 0 aromatic heterocycles. The Labute approximate surface area is 98.5 Å². The van der Waals surface area contributed by atoms with Gasteiger partial charge in [-0.3, -0.25) is 4.74 Å². The lowest BCUT2D eigenvalue weighted by atomic mass is 9.86. The summed E-state index contributed by atoms with van der Waals surface area (Å²) in [5.74, 6) is 0.689. The van der Waals surface area contributed by atoms with Gasteiger partial charge in [0.05, 0.1) is 0 Å². The second kappa shape index (κ2) is 4.41. The molecule has 0 saturated heterocycles. The molecule has 2 aliphatic carbocycles. The fraction of sp³-hybridized carbons (Fsp3) is 1.00. The summed E-state index contributed by atoms with van der Waals surface area (Å²) in [5, 5.41) is 0. The van der Waals surface area contributed by atoms with Gasteiger partial charge in [0.15, 0.2) is 0 Å². The lowest BCUT2D eigenvalue weighted by Crippen LogP contribution is -2.35. The maximum Gasteiger partial charge on any atom is 0.360 e. The van der Waals surface area contributed by atoms with Gasteiger partial charge in [-0.1, -0.05) is 13.3 Å². The zero-order valence-electron chi connectivity index (χ0n) is 9.89. The maximum absolute atomic E-state index is 13.4. The number of alkyl halides is 4. The highest BCUT2D eigenvalue weighted by atomic mass is 19.3. The number of fused-ring (bicyclic) bond motifs is 2. The van der Waals surface area contributed by atoms with Gasteiger partial charge in [0.2, 0.25) is 0 Å². The van der Waals surface area contributed by atoms with Crippen molar-refractivity contribution in [1.82, 2.24) is 0 Å². The zero-order valence-corrected chi connectivity index (χ0v) is 9.89. The Kier molecular flexibility index (Phi) is 3.40. The molecule has 0 spiro atoms. The Morgan fingerprint density at radius 3 is 2.24 bits per heavy atom. The van der Waals surface area contributed by atoms with Gasteiger partial charge < -0.3 is 0 Å². The van der Waals surface area contributed by atoms with E-state index in [4.69, 9.17) is 0 Å². The first-order chi connectivity index (χ1) is 7.81. The third-order valence-corrected chi connectivity index (χ3v) is 4.09. The van der Waals surface area contributed by atoms with Gasteiger partial charge in [0.1, 0.15) is 0 Å². The van der Waals surface area contributed by atoms with Crippen LogP contribution in [0, 0.1) is 17.8 Å². The van der Waals surface area contributed by atoms with Crippen molar-refractivity contribution in [2.24, 2.45) is 17.8 Å². The fourth-order valence-electron chi connectivity index (χ4n) is 3.26. The van der Waals surface area contributed by atoms with E-state index in [2.05, 4.69) is 4.74 Å². The molecule has 3 unspecified atom stereocenters. The molecular formula is C12H18F4O. The lowest BCUT2D eigenvalue weighted by molar-refractivity contribution is -0.380. The summed E-state index contributed by atoms with van der Waals surface area (Å²) in [6, 6.07) is 0. The van der Waals surface area contributed by atoms with Crippen molar-refractivity contribution in [3.8, 4) is 0 Å². The number of ether oxygens (including phenoxy) is 1. The van der Waals surface area contributed by atoms with Gasteiger partial charge in [-0.15, -0.1) is 0 Å². The van der Waals surface area contributed by atoms with Crippen LogP contribution in [0.1, 0.15) is 45.4 Å². The van der Waals surface area contributed by atoms with Crippen LogP contribution in [0.15, 0.2) is 0 Å². The van der Waals surface area contributed by atoms with E-state index in [1.54, 1.807) is 0 Å². The van der Waals surface area contributed by atoms with Crippen LogP contribution < -0.4 is 0 Å². The molecule has 2 rings (SSSR count). The van der Waals surface area contributed by atoms with Crippen LogP contribution in [-0.4, -0.2) is 12.2 Å². The first kappa shape index (κ1) is 13.1. The Balaban J connectivity index is 1.89. The summed E-state index contributed by atoms with van der Waals surface area (Å²) in [7, 11) is 0. The average Bonchev–Trinajstić information content (AvgIpc) is 2.76. The van der Waals surface area contributed by atoms with Crippen LogP contribution >= 0.6 is 0 Å². The highest BCUT2D eigenvalue weighted by Gasteiger charge is 2.48. The van der Waals surface area contributed by atoms with Crippen LogP contribution in [0.4, 0.5) is 17.6 Å². The second-order valence-corrected chi connectivity index (χ2v) is 5.37. The van der Waals surface area contributed by atoms with Gasteiger partial charge in [-0.2, -0.15) is 17.6 Å². The minimum Gasteiger partial charge on any atom is -0.255 e. The van der Waals surface area contributed by atoms with Crippen LogP contribution in [0.3, 0.4) is 0 Å². The van der Waals surface area contributed by atoms with Crippen molar-refractivity contribution in [2.45, 2.75) is 57.7 Å². The Hall–Kier alpha value is -0.320. The smallest absolute Gasteiger partial charge is 0.255 e. The molecule has 17 heavy (non-hydrogen) atoms. The van der Waals surface area contributed by atoms with E-state index in [9.17, 15) is 17.6 Å². The molecule has 3 atom stereocenters. The predicted molar refractivity (Wildman–Crippen MR) is 54.8 cm³/mol. The summed E-state index contributed by atoms with van der Waals surface area (Å²) >= 11 is 0. The van der Waals surface area contributed by atoms with Gasteiger partial charge >= 0.3 is 12.2 Å². The van der Waals surface area contributed by atoms with Crippen molar-refractivity contribution < 1.29 is 22.3 Å². The van der Waals surface area contributed by atoms with E-state index in [-0.39, 0.29) is 5.92 Å². The fourth-order valence-corrected chi connectivity index (χ4v) is 3.26. The van der Waals surface area contributed by atoms with E-state index in [1.807, 2.05) is 0 Å². The molecule has 0 aliphatic heterocycles. The molecule has 2 fully saturated rings. The third kappa shape index (κ3) is 3.12.